The maximum atomic E-state index is 12.1. The standard InChI is InChI=1S/C14H16ClNO2.C14H14INO3/c1-10-6-14(17)13(15)9-16(10)8-11-4-3-5-12(7-11)18-2;1-9-6-12(17)13(15)14(18)16(9)8-10-4-3-5-11(7-10)19-2/h3-7,17H,8-9H2,1-2H3;3-7,17H,8H2,1-2H3. The summed E-state index contributed by atoms with van der Waals surface area (Å²) in [5.41, 5.74) is 3.67. The zero-order valence-corrected chi connectivity index (χ0v) is 24.1. The summed E-state index contributed by atoms with van der Waals surface area (Å²) < 4.78 is 12.3. The van der Waals surface area contributed by atoms with Crippen molar-refractivity contribution in [3.63, 3.8) is 0 Å². The van der Waals surface area contributed by atoms with Gasteiger partial charge in [-0.05, 0) is 71.8 Å². The van der Waals surface area contributed by atoms with E-state index < -0.39 is 0 Å². The molecule has 7 nitrogen and oxygen atoms in total. The average Bonchev–Trinajstić information content (AvgIpc) is 2.89. The molecule has 0 atom stereocenters. The lowest BCUT2D eigenvalue weighted by Crippen LogP contribution is -2.26. The van der Waals surface area contributed by atoms with Crippen LogP contribution in [0.25, 0.3) is 0 Å². The second-order valence-electron chi connectivity index (χ2n) is 8.51. The molecule has 0 bridgehead atoms. The molecule has 1 aliphatic rings. The molecule has 1 aliphatic heterocycles. The molecule has 0 saturated heterocycles. The number of aromatic nitrogens is 1. The molecule has 196 valence electrons. The quantitative estimate of drug-likeness (QED) is 0.326. The minimum Gasteiger partial charge on any atom is -0.507 e. The summed E-state index contributed by atoms with van der Waals surface area (Å²) in [6.45, 7) is 5.49. The molecule has 0 aliphatic carbocycles. The minimum atomic E-state index is -0.180. The number of aryl methyl sites for hydroxylation is 1. The summed E-state index contributed by atoms with van der Waals surface area (Å²) in [5.74, 6) is 1.80. The lowest BCUT2D eigenvalue weighted by atomic mass is 10.1. The third-order valence-electron chi connectivity index (χ3n) is 5.86. The Balaban J connectivity index is 0.000000206. The summed E-state index contributed by atoms with van der Waals surface area (Å²) in [6.07, 6.45) is 1.69. The highest BCUT2D eigenvalue weighted by Crippen LogP contribution is 2.24. The van der Waals surface area contributed by atoms with Crippen LogP contribution >= 0.6 is 34.2 Å². The number of aliphatic hydroxyl groups is 1. The highest BCUT2D eigenvalue weighted by atomic mass is 127. The molecule has 0 amide bonds. The van der Waals surface area contributed by atoms with Crippen molar-refractivity contribution in [2.24, 2.45) is 0 Å². The summed E-state index contributed by atoms with van der Waals surface area (Å²) in [5, 5.41) is 19.6. The van der Waals surface area contributed by atoms with Crippen LogP contribution in [0.2, 0.25) is 0 Å². The number of nitrogens with zero attached hydrogens (tertiary/aromatic N) is 2. The highest BCUT2D eigenvalue weighted by Gasteiger charge is 2.16. The fourth-order valence-electron chi connectivity index (χ4n) is 3.79. The monoisotopic (exact) mass is 636 g/mol. The van der Waals surface area contributed by atoms with Crippen molar-refractivity contribution in [1.82, 2.24) is 9.47 Å². The van der Waals surface area contributed by atoms with E-state index >= 15 is 0 Å². The second-order valence-corrected chi connectivity index (χ2v) is 10.0. The molecule has 1 aromatic heterocycles. The molecule has 2 aromatic carbocycles. The van der Waals surface area contributed by atoms with E-state index in [1.165, 1.54) is 0 Å². The number of aromatic hydroxyl groups is 1. The first kappa shape index (κ1) is 28.5. The van der Waals surface area contributed by atoms with Gasteiger partial charge in [0.15, 0.2) is 0 Å². The zero-order valence-electron chi connectivity index (χ0n) is 21.2. The Bertz CT molecular complexity index is 1380. The van der Waals surface area contributed by atoms with E-state index in [-0.39, 0.29) is 17.1 Å². The van der Waals surface area contributed by atoms with Gasteiger partial charge >= 0.3 is 0 Å². The first-order chi connectivity index (χ1) is 17.6. The third kappa shape index (κ3) is 7.45. The average molecular weight is 637 g/mol. The zero-order chi connectivity index (χ0) is 27.1. The fraction of sp³-hybridized carbons (Fsp3) is 0.250. The Morgan fingerprint density at radius 2 is 1.51 bits per heavy atom. The SMILES string of the molecule is COc1cccc(CN2CC(Cl)=C(O)C=C2C)c1.COc1cccc(Cn2c(C)cc(O)c(I)c2=O)c1. The number of allylic oxidation sites excluding steroid dienone is 2. The van der Waals surface area contributed by atoms with Crippen molar-refractivity contribution >= 4 is 34.2 Å². The highest BCUT2D eigenvalue weighted by molar-refractivity contribution is 14.1. The second kappa shape index (κ2) is 12.9. The van der Waals surface area contributed by atoms with Gasteiger partial charge < -0.3 is 29.2 Å². The van der Waals surface area contributed by atoms with Crippen LogP contribution in [0.1, 0.15) is 23.7 Å². The van der Waals surface area contributed by atoms with Gasteiger partial charge in [0.1, 0.15) is 26.6 Å². The van der Waals surface area contributed by atoms with Crippen LogP contribution in [0.5, 0.6) is 17.2 Å². The van der Waals surface area contributed by atoms with E-state index in [9.17, 15) is 15.0 Å². The predicted molar refractivity (Wildman–Crippen MR) is 155 cm³/mol. The first-order valence-electron chi connectivity index (χ1n) is 11.5. The molecule has 3 aromatic rings. The van der Waals surface area contributed by atoms with Gasteiger partial charge in [-0.2, -0.15) is 0 Å². The van der Waals surface area contributed by atoms with Crippen LogP contribution in [0, 0.1) is 10.5 Å². The number of pyridine rings is 1. The van der Waals surface area contributed by atoms with Gasteiger partial charge in [-0.1, -0.05) is 35.9 Å². The van der Waals surface area contributed by atoms with Crippen LogP contribution in [-0.2, 0) is 13.1 Å². The van der Waals surface area contributed by atoms with E-state index in [0.29, 0.717) is 21.7 Å². The van der Waals surface area contributed by atoms with E-state index in [1.807, 2.05) is 78.0 Å². The van der Waals surface area contributed by atoms with Crippen molar-refractivity contribution in [2.45, 2.75) is 26.9 Å². The third-order valence-corrected chi connectivity index (χ3v) is 7.19. The lowest BCUT2D eigenvalue weighted by Gasteiger charge is -2.28. The van der Waals surface area contributed by atoms with E-state index in [2.05, 4.69) is 4.90 Å². The van der Waals surface area contributed by atoms with E-state index in [1.54, 1.807) is 37.9 Å². The summed E-state index contributed by atoms with van der Waals surface area (Å²) >= 11 is 7.83. The largest absolute Gasteiger partial charge is 0.507 e. The number of hydrogen-bond donors (Lipinski definition) is 2. The Morgan fingerprint density at radius 3 is 2.08 bits per heavy atom. The predicted octanol–water partition coefficient (Wildman–Crippen LogP) is 5.95. The van der Waals surface area contributed by atoms with Crippen LogP contribution < -0.4 is 15.0 Å². The number of rotatable bonds is 6. The van der Waals surface area contributed by atoms with Gasteiger partial charge in [0.25, 0.3) is 5.56 Å². The molecular formula is C28H30ClIN2O5. The molecule has 0 spiro atoms. The first-order valence-corrected chi connectivity index (χ1v) is 12.9. The minimum absolute atomic E-state index is 0.0324. The lowest BCUT2D eigenvalue weighted by molar-refractivity contribution is 0.337. The van der Waals surface area contributed by atoms with Crippen LogP contribution in [0.3, 0.4) is 0 Å². The summed E-state index contributed by atoms with van der Waals surface area (Å²) in [6, 6.07) is 17.1. The van der Waals surface area contributed by atoms with Crippen LogP contribution in [0.15, 0.2) is 82.0 Å². The van der Waals surface area contributed by atoms with Gasteiger partial charge in [0.2, 0.25) is 0 Å². The molecule has 2 heterocycles. The van der Waals surface area contributed by atoms with Crippen molar-refractivity contribution in [2.75, 3.05) is 20.8 Å². The molecule has 4 rings (SSSR count). The van der Waals surface area contributed by atoms with Gasteiger partial charge in [0.05, 0.1) is 32.3 Å². The number of halogens is 2. The Morgan fingerprint density at radius 1 is 0.946 bits per heavy atom. The molecule has 37 heavy (non-hydrogen) atoms. The Labute approximate surface area is 235 Å². The van der Waals surface area contributed by atoms with Crippen molar-refractivity contribution < 1.29 is 19.7 Å². The number of benzene rings is 2. The molecule has 0 unspecified atom stereocenters. The molecule has 0 saturated carbocycles. The smallest absolute Gasteiger partial charge is 0.268 e. The molecule has 0 radical (unpaired) electrons. The maximum absolute atomic E-state index is 12.1. The van der Waals surface area contributed by atoms with E-state index in [4.69, 9.17) is 21.1 Å². The molecular weight excluding hydrogens is 607 g/mol. The maximum Gasteiger partial charge on any atom is 0.268 e. The summed E-state index contributed by atoms with van der Waals surface area (Å²) in [4.78, 5) is 14.2. The van der Waals surface area contributed by atoms with Crippen LogP contribution in [0.4, 0.5) is 0 Å². The fourth-order valence-corrected chi connectivity index (χ4v) is 4.44. The summed E-state index contributed by atoms with van der Waals surface area (Å²) in [7, 11) is 3.27. The Hall–Kier alpha value is -3.11. The topological polar surface area (TPSA) is 84.2 Å². The molecule has 2 N–H and O–H groups in total. The number of aliphatic hydroxyl groups excluding tert-OH is 1. The number of ether oxygens (including phenoxy) is 2. The van der Waals surface area contributed by atoms with E-state index in [0.717, 1.165) is 40.6 Å². The number of methoxy groups -OCH3 is 2. The molecule has 0 fully saturated rings. The van der Waals surface area contributed by atoms with Crippen molar-refractivity contribution in [3.8, 4) is 17.2 Å². The van der Waals surface area contributed by atoms with Gasteiger partial charge in [-0.15, -0.1) is 0 Å². The molecule has 9 heteroatoms. The van der Waals surface area contributed by atoms with Gasteiger partial charge in [0, 0.05) is 30.1 Å². The van der Waals surface area contributed by atoms with Gasteiger partial charge in [-0.25, -0.2) is 0 Å². The Kier molecular flexibility index (Phi) is 9.93. The van der Waals surface area contributed by atoms with Gasteiger partial charge in [-0.3, -0.25) is 4.79 Å². The van der Waals surface area contributed by atoms with Crippen LogP contribution in [-0.4, -0.2) is 40.4 Å². The number of hydrogen-bond acceptors (Lipinski definition) is 6. The van der Waals surface area contributed by atoms with Crippen molar-refractivity contribution in [3.05, 3.63) is 108 Å². The van der Waals surface area contributed by atoms with Crippen molar-refractivity contribution in [1.29, 1.82) is 0 Å². The normalized spacial score (nSPS) is 13.0.